The first-order valence-electron chi connectivity index (χ1n) is 5.43. The molecule has 0 aliphatic carbocycles. The Bertz CT molecular complexity index is 672. The second kappa shape index (κ2) is 5.70. The molecule has 2 aromatic rings. The number of hydrogen-bond acceptors (Lipinski definition) is 5. The first kappa shape index (κ1) is 14.0. The molecule has 2 aromatic carbocycles. The van der Waals surface area contributed by atoms with Crippen LogP contribution < -0.4 is 4.74 Å². The fourth-order valence-electron chi connectivity index (χ4n) is 1.50. The van der Waals surface area contributed by atoms with Crippen LogP contribution in [0.3, 0.4) is 0 Å². The number of halogens is 1. The van der Waals surface area contributed by atoms with Gasteiger partial charge < -0.3 is 9.84 Å². The Hall–Kier alpha value is -2.41. The van der Waals surface area contributed by atoms with E-state index < -0.39 is 22.3 Å². The zero-order chi connectivity index (χ0) is 14.7. The number of carbonyl (C=O) groups is 1. The van der Waals surface area contributed by atoms with Crippen LogP contribution in [0.1, 0.15) is 10.4 Å². The largest absolute Gasteiger partial charge is 0.501 e. The van der Waals surface area contributed by atoms with Crippen LogP contribution in [0.4, 0.5) is 5.69 Å². The molecule has 0 aliphatic rings. The van der Waals surface area contributed by atoms with Gasteiger partial charge in [0.1, 0.15) is 5.75 Å². The molecule has 7 heteroatoms. The Morgan fingerprint density at radius 3 is 2.50 bits per heavy atom. The highest BCUT2D eigenvalue weighted by atomic mass is 79.9. The van der Waals surface area contributed by atoms with Crippen LogP contribution in [0.2, 0.25) is 0 Å². The highest BCUT2D eigenvalue weighted by Crippen LogP contribution is 2.37. The molecule has 1 N–H and O–H groups in total. The predicted octanol–water partition coefficient (Wildman–Crippen LogP) is 3.28. The van der Waals surface area contributed by atoms with Crippen LogP contribution in [0.25, 0.3) is 0 Å². The minimum absolute atomic E-state index is 0.0322. The van der Waals surface area contributed by atoms with Crippen LogP contribution in [0.15, 0.2) is 46.9 Å². The van der Waals surface area contributed by atoms with E-state index in [9.17, 15) is 20.0 Å². The normalized spacial score (nSPS) is 10.1. The minimum atomic E-state index is -0.764. The summed E-state index contributed by atoms with van der Waals surface area (Å²) in [6.07, 6.45) is 0. The number of benzene rings is 2. The Kier molecular flexibility index (Phi) is 3.99. The lowest BCUT2D eigenvalue weighted by atomic mass is 10.2. The first-order chi connectivity index (χ1) is 9.49. The Morgan fingerprint density at radius 2 is 1.90 bits per heavy atom. The Balaban J connectivity index is 2.31. The Labute approximate surface area is 121 Å². The van der Waals surface area contributed by atoms with Crippen molar-refractivity contribution in [1.29, 1.82) is 0 Å². The average Bonchev–Trinajstić information content (AvgIpc) is 2.43. The third kappa shape index (κ3) is 2.94. The number of esters is 1. The predicted molar refractivity (Wildman–Crippen MR) is 73.9 cm³/mol. The summed E-state index contributed by atoms with van der Waals surface area (Å²) < 4.78 is 5.11. The van der Waals surface area contributed by atoms with E-state index in [1.165, 1.54) is 6.07 Å². The van der Waals surface area contributed by atoms with Gasteiger partial charge in [0.05, 0.1) is 21.0 Å². The monoisotopic (exact) mass is 337 g/mol. The molecule has 0 spiro atoms. The molecule has 0 fully saturated rings. The summed E-state index contributed by atoms with van der Waals surface area (Å²) in [5, 5.41) is 20.3. The molecule has 0 saturated carbocycles. The number of hydrogen-bond donors (Lipinski definition) is 1. The number of nitro groups is 1. The number of carbonyl (C=O) groups excluding carboxylic acids is 1. The number of rotatable bonds is 3. The van der Waals surface area contributed by atoms with Crippen LogP contribution in [-0.2, 0) is 0 Å². The highest BCUT2D eigenvalue weighted by Gasteiger charge is 2.20. The molecular formula is C13H8BrNO5. The molecule has 6 nitrogen and oxygen atoms in total. The van der Waals surface area contributed by atoms with Gasteiger partial charge >= 0.3 is 11.7 Å². The molecule has 102 valence electrons. The third-order valence-corrected chi connectivity index (χ3v) is 3.04. The van der Waals surface area contributed by atoms with E-state index in [4.69, 9.17) is 4.74 Å². The Morgan fingerprint density at radius 1 is 1.25 bits per heavy atom. The van der Waals surface area contributed by atoms with Gasteiger partial charge in [0.15, 0.2) is 0 Å². The third-order valence-electron chi connectivity index (χ3n) is 2.43. The maximum absolute atomic E-state index is 11.8. The van der Waals surface area contributed by atoms with Gasteiger partial charge in [0, 0.05) is 0 Å². The molecule has 0 radical (unpaired) electrons. The van der Waals surface area contributed by atoms with E-state index in [1.54, 1.807) is 30.3 Å². The van der Waals surface area contributed by atoms with Crippen LogP contribution >= 0.6 is 15.9 Å². The van der Waals surface area contributed by atoms with Gasteiger partial charge in [-0.15, -0.1) is 0 Å². The number of phenolic OH excluding ortho intramolecular Hbond substituents is 1. The molecule has 0 bridgehead atoms. The maximum Gasteiger partial charge on any atom is 0.343 e. The van der Waals surface area contributed by atoms with Crippen molar-refractivity contribution in [2.45, 2.75) is 0 Å². The molecule has 0 aromatic heterocycles. The van der Waals surface area contributed by atoms with Crippen LogP contribution in [0, 0.1) is 10.1 Å². The van der Waals surface area contributed by atoms with Crippen molar-refractivity contribution in [2.24, 2.45) is 0 Å². The van der Waals surface area contributed by atoms with Gasteiger partial charge in [-0.1, -0.05) is 18.2 Å². The molecule has 20 heavy (non-hydrogen) atoms. The summed E-state index contributed by atoms with van der Waals surface area (Å²) >= 11 is 2.97. The van der Waals surface area contributed by atoms with E-state index in [0.717, 1.165) is 6.07 Å². The van der Waals surface area contributed by atoms with Gasteiger partial charge in [-0.2, -0.15) is 0 Å². The number of phenols is 1. The van der Waals surface area contributed by atoms with Crippen molar-refractivity contribution < 1.29 is 19.6 Å². The molecule has 0 saturated heterocycles. The number of nitrogens with zero attached hydrogens (tertiary/aromatic N) is 1. The fraction of sp³-hybridized carbons (Fsp3) is 0. The molecular weight excluding hydrogens is 330 g/mol. The number of aromatic hydroxyl groups is 1. The van der Waals surface area contributed by atoms with Crippen LogP contribution in [-0.4, -0.2) is 16.0 Å². The van der Waals surface area contributed by atoms with E-state index in [-0.39, 0.29) is 10.2 Å². The minimum Gasteiger partial charge on any atom is -0.501 e. The van der Waals surface area contributed by atoms with Crippen molar-refractivity contribution in [1.82, 2.24) is 0 Å². The lowest BCUT2D eigenvalue weighted by Crippen LogP contribution is -2.08. The second-order valence-corrected chi connectivity index (χ2v) is 4.64. The molecule has 0 atom stereocenters. The van der Waals surface area contributed by atoms with E-state index in [0.29, 0.717) is 5.56 Å². The smallest absolute Gasteiger partial charge is 0.343 e. The number of nitro benzene ring substituents is 1. The quantitative estimate of drug-likeness (QED) is 0.401. The van der Waals surface area contributed by atoms with Gasteiger partial charge in [0.25, 0.3) is 0 Å². The maximum atomic E-state index is 11.8. The topological polar surface area (TPSA) is 89.7 Å². The fourth-order valence-corrected chi connectivity index (χ4v) is 1.93. The van der Waals surface area contributed by atoms with Crippen molar-refractivity contribution in [3.8, 4) is 11.5 Å². The van der Waals surface area contributed by atoms with Gasteiger partial charge in [-0.25, -0.2) is 4.79 Å². The molecule has 2 rings (SSSR count). The summed E-state index contributed by atoms with van der Waals surface area (Å²) in [5.41, 5.74) is -0.227. The lowest BCUT2D eigenvalue weighted by molar-refractivity contribution is -0.386. The van der Waals surface area contributed by atoms with Crippen molar-refractivity contribution in [3.05, 3.63) is 62.6 Å². The van der Waals surface area contributed by atoms with E-state index in [2.05, 4.69) is 15.9 Å². The van der Waals surface area contributed by atoms with Gasteiger partial charge in [-0.05, 0) is 34.1 Å². The van der Waals surface area contributed by atoms with Crippen molar-refractivity contribution >= 4 is 27.6 Å². The van der Waals surface area contributed by atoms with Crippen LogP contribution in [0.5, 0.6) is 11.5 Å². The first-order valence-corrected chi connectivity index (χ1v) is 6.22. The zero-order valence-electron chi connectivity index (χ0n) is 9.95. The zero-order valence-corrected chi connectivity index (χ0v) is 11.5. The summed E-state index contributed by atoms with van der Waals surface area (Å²) in [4.78, 5) is 21.8. The van der Waals surface area contributed by atoms with Gasteiger partial charge in [0.2, 0.25) is 5.75 Å². The summed E-state index contributed by atoms with van der Waals surface area (Å²) in [5.74, 6) is -1.19. The summed E-state index contributed by atoms with van der Waals surface area (Å²) in [6, 6.07) is 10.5. The molecule has 0 amide bonds. The van der Waals surface area contributed by atoms with E-state index in [1.807, 2.05) is 0 Å². The van der Waals surface area contributed by atoms with Gasteiger partial charge in [-0.3, -0.25) is 10.1 Å². The second-order valence-electron chi connectivity index (χ2n) is 3.79. The average molecular weight is 338 g/mol. The molecule has 0 unspecified atom stereocenters. The summed E-state index contributed by atoms with van der Waals surface area (Å²) in [6.45, 7) is 0. The number of ether oxygens (including phenoxy) is 1. The standard InChI is InChI=1S/C13H8BrNO5/c14-10-6-9(7-11(12(10)16)15(18)19)20-13(17)8-4-2-1-3-5-8/h1-7,16H. The SMILES string of the molecule is O=C(Oc1cc(Br)c(O)c([N+](=O)[O-])c1)c1ccccc1. The summed E-state index contributed by atoms with van der Waals surface area (Å²) in [7, 11) is 0. The highest BCUT2D eigenvalue weighted by molar-refractivity contribution is 9.10. The lowest BCUT2D eigenvalue weighted by Gasteiger charge is -2.06. The van der Waals surface area contributed by atoms with E-state index >= 15 is 0 Å². The molecule has 0 heterocycles. The van der Waals surface area contributed by atoms with Crippen molar-refractivity contribution in [3.63, 3.8) is 0 Å². The van der Waals surface area contributed by atoms with Crippen molar-refractivity contribution in [2.75, 3.05) is 0 Å². The molecule has 0 aliphatic heterocycles.